The SMILES string of the molecule is C[C@]12Cc3cnn(-c4ccc(F)cc4)c3C=C1CC[C@@H]1C2=CC[C@H](C(=O)O)[C@H]1C(=O)O. The van der Waals surface area contributed by atoms with Gasteiger partial charge in [0.15, 0.2) is 0 Å². The quantitative estimate of drug-likeness (QED) is 0.727. The number of fused-ring (bicyclic) bond motifs is 4. The lowest BCUT2D eigenvalue weighted by atomic mass is 9.54. The number of hydrogen-bond donors (Lipinski definition) is 2. The van der Waals surface area contributed by atoms with Gasteiger partial charge in [-0.15, -0.1) is 0 Å². The first-order valence-corrected chi connectivity index (χ1v) is 10.5. The summed E-state index contributed by atoms with van der Waals surface area (Å²) in [5.74, 6) is -4.44. The van der Waals surface area contributed by atoms with Crippen molar-refractivity contribution in [2.45, 2.75) is 32.6 Å². The van der Waals surface area contributed by atoms with E-state index < -0.39 is 23.8 Å². The largest absolute Gasteiger partial charge is 0.481 e. The van der Waals surface area contributed by atoms with E-state index in [9.17, 15) is 24.2 Å². The van der Waals surface area contributed by atoms with Gasteiger partial charge < -0.3 is 10.2 Å². The van der Waals surface area contributed by atoms with E-state index in [2.05, 4.69) is 18.1 Å². The lowest BCUT2D eigenvalue weighted by molar-refractivity contribution is -0.156. The molecule has 3 aliphatic rings. The van der Waals surface area contributed by atoms with E-state index in [1.807, 2.05) is 17.0 Å². The van der Waals surface area contributed by atoms with Crippen molar-refractivity contribution in [3.8, 4) is 5.69 Å². The number of aliphatic carboxylic acids is 2. The minimum atomic E-state index is -1.04. The molecule has 31 heavy (non-hydrogen) atoms. The fraction of sp³-hybridized carbons (Fsp3) is 0.375. The van der Waals surface area contributed by atoms with Crippen LogP contribution in [0.2, 0.25) is 0 Å². The Kier molecular flexibility index (Phi) is 4.39. The van der Waals surface area contributed by atoms with E-state index in [0.717, 1.165) is 22.5 Å². The molecule has 1 aromatic heterocycles. The van der Waals surface area contributed by atoms with Gasteiger partial charge in [0.05, 0.1) is 29.4 Å². The fourth-order valence-electron chi connectivity index (χ4n) is 5.83. The topological polar surface area (TPSA) is 92.4 Å². The Hall–Kier alpha value is -3.22. The van der Waals surface area contributed by atoms with Gasteiger partial charge in [-0.3, -0.25) is 9.59 Å². The Morgan fingerprint density at radius 2 is 1.94 bits per heavy atom. The van der Waals surface area contributed by atoms with Crippen molar-refractivity contribution in [3.63, 3.8) is 0 Å². The van der Waals surface area contributed by atoms with Gasteiger partial charge in [-0.1, -0.05) is 24.1 Å². The Bertz CT molecular complexity index is 1150. The molecule has 7 heteroatoms. The number of halogens is 1. The van der Waals surface area contributed by atoms with Crippen molar-refractivity contribution >= 4 is 18.0 Å². The van der Waals surface area contributed by atoms with Crippen molar-refractivity contribution in [2.24, 2.45) is 23.2 Å². The Balaban J connectivity index is 1.56. The summed E-state index contributed by atoms with van der Waals surface area (Å²) in [5.41, 5.74) is 4.71. The van der Waals surface area contributed by atoms with Crippen LogP contribution in [0.25, 0.3) is 11.8 Å². The van der Waals surface area contributed by atoms with Crippen LogP contribution in [-0.4, -0.2) is 31.9 Å². The van der Waals surface area contributed by atoms with Crippen LogP contribution in [0.5, 0.6) is 0 Å². The van der Waals surface area contributed by atoms with Crippen molar-refractivity contribution in [2.75, 3.05) is 0 Å². The minimum Gasteiger partial charge on any atom is -0.481 e. The van der Waals surface area contributed by atoms with Gasteiger partial charge in [-0.25, -0.2) is 9.07 Å². The number of benzene rings is 1. The average Bonchev–Trinajstić information content (AvgIpc) is 3.13. The summed E-state index contributed by atoms with van der Waals surface area (Å²) >= 11 is 0. The van der Waals surface area contributed by atoms with Crippen molar-refractivity contribution < 1.29 is 24.2 Å². The van der Waals surface area contributed by atoms with Gasteiger partial charge in [0, 0.05) is 5.41 Å². The zero-order chi connectivity index (χ0) is 21.9. The lowest BCUT2D eigenvalue weighted by Crippen LogP contribution is -2.46. The van der Waals surface area contributed by atoms with Gasteiger partial charge in [0.2, 0.25) is 0 Å². The van der Waals surface area contributed by atoms with E-state index in [4.69, 9.17) is 0 Å². The average molecular weight is 422 g/mol. The highest BCUT2D eigenvalue weighted by molar-refractivity contribution is 5.82. The summed E-state index contributed by atoms with van der Waals surface area (Å²) in [5, 5.41) is 23.9. The number of nitrogens with zero attached hydrogens (tertiary/aromatic N) is 2. The van der Waals surface area contributed by atoms with Crippen LogP contribution in [0.1, 0.15) is 37.4 Å². The number of allylic oxidation sites excluding steroid dienone is 3. The molecule has 4 atom stereocenters. The lowest BCUT2D eigenvalue weighted by Gasteiger charge is -2.49. The molecule has 1 saturated carbocycles. The van der Waals surface area contributed by atoms with E-state index >= 15 is 0 Å². The van der Waals surface area contributed by atoms with Crippen LogP contribution in [0.3, 0.4) is 0 Å². The van der Waals surface area contributed by atoms with Crippen LogP contribution in [0, 0.1) is 29.0 Å². The summed E-state index contributed by atoms with van der Waals surface area (Å²) in [4.78, 5) is 23.7. The van der Waals surface area contributed by atoms with Crippen LogP contribution < -0.4 is 0 Å². The molecule has 5 rings (SSSR count). The number of carbonyl (C=O) groups is 2. The molecule has 6 nitrogen and oxygen atoms in total. The summed E-state index contributed by atoms with van der Waals surface area (Å²) < 4.78 is 15.1. The Morgan fingerprint density at radius 3 is 2.61 bits per heavy atom. The predicted octanol–water partition coefficient (Wildman–Crippen LogP) is 4.10. The molecule has 0 unspecified atom stereocenters. The maximum absolute atomic E-state index is 13.3. The van der Waals surface area contributed by atoms with E-state index in [-0.39, 0.29) is 23.6 Å². The zero-order valence-electron chi connectivity index (χ0n) is 17.1. The van der Waals surface area contributed by atoms with Crippen molar-refractivity contribution in [1.82, 2.24) is 9.78 Å². The van der Waals surface area contributed by atoms with Gasteiger partial charge in [-0.2, -0.15) is 5.10 Å². The monoisotopic (exact) mass is 422 g/mol. The molecule has 0 saturated heterocycles. The molecule has 1 heterocycles. The number of carboxylic acid groups (broad SMARTS) is 2. The maximum Gasteiger partial charge on any atom is 0.307 e. The third kappa shape index (κ3) is 2.94. The van der Waals surface area contributed by atoms with Crippen LogP contribution in [0.15, 0.2) is 47.7 Å². The number of hydrogen-bond acceptors (Lipinski definition) is 3. The minimum absolute atomic E-state index is 0.239. The molecular weight excluding hydrogens is 399 g/mol. The maximum atomic E-state index is 13.3. The molecular formula is C24H23FN2O4. The fourth-order valence-corrected chi connectivity index (χ4v) is 5.83. The molecule has 2 aromatic rings. The number of carboxylic acids is 2. The molecule has 2 N–H and O–H groups in total. The number of aromatic nitrogens is 2. The first kappa shape index (κ1) is 19.7. The van der Waals surface area contributed by atoms with E-state index in [1.165, 1.54) is 17.7 Å². The molecule has 1 aromatic carbocycles. The second-order valence-corrected chi connectivity index (χ2v) is 8.97. The van der Waals surface area contributed by atoms with Crippen molar-refractivity contribution in [3.05, 3.63) is 64.8 Å². The van der Waals surface area contributed by atoms with Gasteiger partial charge in [0.25, 0.3) is 0 Å². The highest BCUT2D eigenvalue weighted by atomic mass is 19.1. The standard InChI is InChI=1S/C24H23FN2O4/c1-24-11-13-12-26-27(16-5-3-15(25)4-6-16)20(13)10-14(24)2-7-17-19(24)9-8-18(22(28)29)21(17)23(30)31/h3-6,9-10,12,17-18,21H,2,7-8,11H2,1H3,(H,28,29)(H,30,31)/t17-,18+,21+,24+/m1/s1. The normalized spacial score (nSPS) is 29.2. The first-order chi connectivity index (χ1) is 14.8. The second-order valence-electron chi connectivity index (χ2n) is 8.97. The predicted molar refractivity (Wildman–Crippen MR) is 111 cm³/mol. The van der Waals surface area contributed by atoms with Gasteiger partial charge in [-0.05, 0) is 67.5 Å². The van der Waals surface area contributed by atoms with Gasteiger partial charge >= 0.3 is 11.9 Å². The summed E-state index contributed by atoms with van der Waals surface area (Å²) in [6.07, 6.45) is 8.18. The molecule has 3 aliphatic carbocycles. The molecule has 160 valence electrons. The van der Waals surface area contributed by atoms with Crippen LogP contribution in [-0.2, 0) is 16.0 Å². The molecule has 0 spiro atoms. The first-order valence-electron chi connectivity index (χ1n) is 10.5. The van der Waals surface area contributed by atoms with Crippen LogP contribution >= 0.6 is 0 Å². The number of rotatable bonds is 3. The molecule has 1 fully saturated rings. The summed E-state index contributed by atoms with van der Waals surface area (Å²) in [7, 11) is 0. The van der Waals surface area contributed by atoms with Crippen LogP contribution in [0.4, 0.5) is 4.39 Å². The highest BCUT2D eigenvalue weighted by Gasteiger charge is 2.52. The molecule has 0 bridgehead atoms. The Labute approximate surface area is 178 Å². The van der Waals surface area contributed by atoms with E-state index in [0.29, 0.717) is 19.3 Å². The third-order valence-electron chi connectivity index (χ3n) is 7.34. The zero-order valence-corrected chi connectivity index (χ0v) is 17.1. The second kappa shape index (κ2) is 6.90. The molecule has 0 amide bonds. The van der Waals surface area contributed by atoms with Gasteiger partial charge in [0.1, 0.15) is 5.82 Å². The highest BCUT2D eigenvalue weighted by Crippen LogP contribution is 2.57. The summed E-state index contributed by atoms with van der Waals surface area (Å²) in [6.45, 7) is 2.13. The van der Waals surface area contributed by atoms with Crippen molar-refractivity contribution in [1.29, 1.82) is 0 Å². The smallest absolute Gasteiger partial charge is 0.307 e. The van der Waals surface area contributed by atoms with E-state index in [1.54, 1.807) is 12.1 Å². The third-order valence-corrected chi connectivity index (χ3v) is 7.34. The summed E-state index contributed by atoms with van der Waals surface area (Å²) in [6, 6.07) is 6.21. The molecule has 0 radical (unpaired) electrons. The Morgan fingerprint density at radius 1 is 1.19 bits per heavy atom. The molecule has 0 aliphatic heterocycles.